The molecule has 84 valence electrons. The molecule has 0 spiro atoms. The average molecular weight is 200 g/mol. The van der Waals surface area contributed by atoms with Crippen LogP contribution in [-0.2, 0) is 0 Å². The average Bonchev–Trinajstić information content (AvgIpc) is 2.52. The Labute approximate surface area is 87.3 Å². The van der Waals surface area contributed by atoms with E-state index in [2.05, 4.69) is 31.4 Å². The Hall–Kier alpha value is -0.120. The maximum absolute atomic E-state index is 10.3. The predicted molar refractivity (Wildman–Crippen MR) is 59.4 cm³/mol. The highest BCUT2D eigenvalue weighted by molar-refractivity contribution is 4.94. The van der Waals surface area contributed by atoms with Crippen molar-refractivity contribution in [2.75, 3.05) is 13.1 Å². The van der Waals surface area contributed by atoms with Crippen LogP contribution in [0.2, 0.25) is 0 Å². The van der Waals surface area contributed by atoms with Crippen LogP contribution in [0.3, 0.4) is 0 Å². The maximum Gasteiger partial charge on any atom is 0.0895 e. The van der Waals surface area contributed by atoms with Gasteiger partial charge in [-0.1, -0.05) is 0 Å². The zero-order chi connectivity index (χ0) is 10.8. The minimum absolute atomic E-state index is 0.0720. The Morgan fingerprint density at radius 3 is 2.43 bits per heavy atom. The number of aliphatic hydroxyl groups is 1. The van der Waals surface area contributed by atoms with Crippen LogP contribution in [0, 0.1) is 0 Å². The molecule has 1 aliphatic rings. The van der Waals surface area contributed by atoms with E-state index >= 15 is 0 Å². The SMILES string of the molecule is CC(C)(C)NCC(C)(O)C1CCCN1. The van der Waals surface area contributed by atoms with E-state index in [1.165, 1.54) is 6.42 Å². The largest absolute Gasteiger partial charge is 0.387 e. The van der Waals surface area contributed by atoms with Crippen LogP contribution in [0.5, 0.6) is 0 Å². The van der Waals surface area contributed by atoms with Gasteiger partial charge in [0.25, 0.3) is 0 Å². The van der Waals surface area contributed by atoms with Crippen molar-refractivity contribution in [2.45, 2.75) is 57.7 Å². The van der Waals surface area contributed by atoms with Gasteiger partial charge in [-0.25, -0.2) is 0 Å². The Morgan fingerprint density at radius 1 is 1.36 bits per heavy atom. The molecular weight excluding hydrogens is 176 g/mol. The maximum atomic E-state index is 10.3. The Morgan fingerprint density at radius 2 is 2.00 bits per heavy atom. The van der Waals surface area contributed by atoms with Crippen molar-refractivity contribution < 1.29 is 5.11 Å². The highest BCUT2D eigenvalue weighted by Crippen LogP contribution is 2.19. The normalized spacial score (nSPS) is 27.6. The summed E-state index contributed by atoms with van der Waals surface area (Å²) in [6.07, 6.45) is 2.26. The fraction of sp³-hybridized carbons (Fsp3) is 1.00. The molecule has 14 heavy (non-hydrogen) atoms. The van der Waals surface area contributed by atoms with E-state index in [9.17, 15) is 5.11 Å². The summed E-state index contributed by atoms with van der Waals surface area (Å²) in [5, 5.41) is 16.9. The summed E-state index contributed by atoms with van der Waals surface area (Å²) < 4.78 is 0. The number of nitrogens with one attached hydrogen (secondary N) is 2. The van der Waals surface area contributed by atoms with Gasteiger partial charge >= 0.3 is 0 Å². The van der Waals surface area contributed by atoms with Crippen LogP contribution < -0.4 is 10.6 Å². The lowest BCUT2D eigenvalue weighted by Gasteiger charge is -2.34. The van der Waals surface area contributed by atoms with Crippen molar-refractivity contribution in [3.05, 3.63) is 0 Å². The van der Waals surface area contributed by atoms with Gasteiger partial charge in [0.15, 0.2) is 0 Å². The molecule has 2 unspecified atom stereocenters. The molecule has 0 bridgehead atoms. The second kappa shape index (κ2) is 4.17. The van der Waals surface area contributed by atoms with E-state index < -0.39 is 5.60 Å². The summed E-state index contributed by atoms with van der Waals surface area (Å²) in [5.41, 5.74) is -0.563. The van der Waals surface area contributed by atoms with Gasteiger partial charge in [0.2, 0.25) is 0 Å². The van der Waals surface area contributed by atoms with Gasteiger partial charge < -0.3 is 15.7 Å². The summed E-state index contributed by atoms with van der Waals surface area (Å²) in [7, 11) is 0. The first-order valence-corrected chi connectivity index (χ1v) is 5.52. The molecule has 0 aromatic rings. The van der Waals surface area contributed by atoms with Gasteiger partial charge in [0, 0.05) is 18.1 Å². The Balaban J connectivity index is 2.40. The Bertz CT molecular complexity index is 178. The lowest BCUT2D eigenvalue weighted by Crippen LogP contribution is -2.55. The third-order valence-corrected chi connectivity index (χ3v) is 2.79. The number of hydrogen-bond donors (Lipinski definition) is 3. The fourth-order valence-corrected chi connectivity index (χ4v) is 1.78. The predicted octanol–water partition coefficient (Wildman–Crippen LogP) is 0.877. The van der Waals surface area contributed by atoms with Crippen LogP contribution in [0.15, 0.2) is 0 Å². The van der Waals surface area contributed by atoms with E-state index in [4.69, 9.17) is 0 Å². The van der Waals surface area contributed by atoms with Crippen molar-refractivity contribution in [1.29, 1.82) is 0 Å². The number of β-amino-alcohol motifs (C(OH)–C–C–N with tert-alkyl or cyclic N) is 1. The molecule has 0 aromatic heterocycles. The molecule has 1 aliphatic heterocycles. The standard InChI is InChI=1S/C11H24N2O/c1-10(2,3)13-8-11(4,14)9-6-5-7-12-9/h9,12-14H,5-8H2,1-4H3. The first kappa shape index (κ1) is 12.0. The zero-order valence-corrected chi connectivity index (χ0v) is 9.85. The minimum atomic E-state index is -0.635. The molecular formula is C11H24N2O. The summed E-state index contributed by atoms with van der Waals surface area (Å²) in [6, 6.07) is 0.248. The summed E-state index contributed by atoms with van der Waals surface area (Å²) in [6.45, 7) is 9.95. The zero-order valence-electron chi connectivity index (χ0n) is 9.85. The monoisotopic (exact) mass is 200 g/mol. The number of rotatable bonds is 3. The lowest BCUT2D eigenvalue weighted by atomic mass is 9.94. The summed E-state index contributed by atoms with van der Waals surface area (Å²) in [4.78, 5) is 0. The molecule has 3 nitrogen and oxygen atoms in total. The van der Waals surface area contributed by atoms with Crippen LogP contribution in [0.4, 0.5) is 0 Å². The van der Waals surface area contributed by atoms with Gasteiger partial charge in [-0.3, -0.25) is 0 Å². The van der Waals surface area contributed by atoms with Crippen LogP contribution in [0.1, 0.15) is 40.5 Å². The molecule has 2 atom stereocenters. The molecule has 0 amide bonds. The van der Waals surface area contributed by atoms with E-state index in [-0.39, 0.29) is 11.6 Å². The molecule has 0 radical (unpaired) electrons. The van der Waals surface area contributed by atoms with Crippen molar-refractivity contribution in [1.82, 2.24) is 10.6 Å². The number of hydrogen-bond acceptors (Lipinski definition) is 3. The molecule has 1 rings (SSSR count). The molecule has 0 aliphatic carbocycles. The van der Waals surface area contributed by atoms with Crippen LogP contribution in [0.25, 0.3) is 0 Å². The minimum Gasteiger partial charge on any atom is -0.387 e. The van der Waals surface area contributed by atoms with Crippen LogP contribution >= 0.6 is 0 Å². The first-order chi connectivity index (χ1) is 6.31. The van der Waals surface area contributed by atoms with Crippen molar-refractivity contribution in [2.24, 2.45) is 0 Å². The van der Waals surface area contributed by atoms with Gasteiger partial charge in [0.1, 0.15) is 0 Å². The first-order valence-electron chi connectivity index (χ1n) is 5.52. The molecule has 0 saturated carbocycles. The Kier molecular flexibility index (Phi) is 3.56. The van der Waals surface area contributed by atoms with E-state index in [1.807, 2.05) is 6.92 Å². The van der Waals surface area contributed by atoms with Crippen molar-refractivity contribution in [3.8, 4) is 0 Å². The molecule has 1 heterocycles. The third kappa shape index (κ3) is 3.56. The van der Waals surface area contributed by atoms with E-state index in [0.29, 0.717) is 6.54 Å². The summed E-state index contributed by atoms with van der Waals surface area (Å²) >= 11 is 0. The topological polar surface area (TPSA) is 44.3 Å². The van der Waals surface area contributed by atoms with E-state index in [0.717, 1.165) is 13.0 Å². The quantitative estimate of drug-likeness (QED) is 0.633. The smallest absolute Gasteiger partial charge is 0.0895 e. The summed E-state index contributed by atoms with van der Waals surface area (Å²) in [5.74, 6) is 0. The highest BCUT2D eigenvalue weighted by atomic mass is 16.3. The van der Waals surface area contributed by atoms with Gasteiger partial charge in [0.05, 0.1) is 5.60 Å². The second-order valence-electron chi connectivity index (χ2n) is 5.61. The highest BCUT2D eigenvalue weighted by Gasteiger charge is 2.34. The van der Waals surface area contributed by atoms with Crippen LogP contribution in [-0.4, -0.2) is 35.4 Å². The van der Waals surface area contributed by atoms with Gasteiger partial charge in [-0.05, 0) is 47.1 Å². The second-order valence-corrected chi connectivity index (χ2v) is 5.61. The molecule has 0 aromatic carbocycles. The molecule has 1 saturated heterocycles. The van der Waals surface area contributed by atoms with Crippen molar-refractivity contribution in [3.63, 3.8) is 0 Å². The lowest BCUT2D eigenvalue weighted by molar-refractivity contribution is 0.0208. The molecule has 3 N–H and O–H groups in total. The van der Waals surface area contributed by atoms with Crippen molar-refractivity contribution >= 4 is 0 Å². The molecule has 1 fully saturated rings. The fourth-order valence-electron chi connectivity index (χ4n) is 1.78. The van der Waals surface area contributed by atoms with E-state index in [1.54, 1.807) is 0 Å². The van der Waals surface area contributed by atoms with Gasteiger partial charge in [-0.2, -0.15) is 0 Å². The third-order valence-electron chi connectivity index (χ3n) is 2.79. The molecule has 3 heteroatoms. The van der Waals surface area contributed by atoms with Gasteiger partial charge in [-0.15, -0.1) is 0 Å².